The van der Waals surface area contributed by atoms with Crippen LogP contribution in [-0.2, 0) is 19.4 Å². The lowest BCUT2D eigenvalue weighted by Crippen LogP contribution is -2.31. The molecule has 0 amide bonds. The van der Waals surface area contributed by atoms with E-state index in [1.807, 2.05) is 36.4 Å². The lowest BCUT2D eigenvalue weighted by atomic mass is 9.99. The predicted molar refractivity (Wildman–Crippen MR) is 99.2 cm³/mol. The second-order valence-corrected chi connectivity index (χ2v) is 6.95. The Morgan fingerprint density at radius 2 is 1.61 bits per heavy atom. The number of nitrogens with zero attached hydrogens (tertiary/aromatic N) is 5. The molecule has 0 aliphatic carbocycles. The number of hydrogen-bond donors (Lipinski definition) is 0. The molecule has 1 aliphatic heterocycles. The minimum atomic E-state index is -4.37. The van der Waals surface area contributed by atoms with E-state index in [2.05, 4.69) is 32.3 Å². The van der Waals surface area contributed by atoms with E-state index in [-0.39, 0.29) is 5.82 Å². The van der Waals surface area contributed by atoms with E-state index in [1.165, 1.54) is 15.6 Å². The van der Waals surface area contributed by atoms with E-state index in [4.69, 9.17) is 0 Å². The lowest BCUT2D eigenvalue weighted by molar-refractivity contribution is -0.128. The zero-order valence-corrected chi connectivity index (χ0v) is 14.8. The molecule has 28 heavy (non-hydrogen) atoms. The third kappa shape index (κ3) is 2.85. The molecule has 0 saturated heterocycles. The highest BCUT2D eigenvalue weighted by atomic mass is 19.4. The van der Waals surface area contributed by atoms with Crippen LogP contribution in [0.1, 0.15) is 17.0 Å². The highest BCUT2D eigenvalue weighted by Crippen LogP contribution is 2.31. The van der Waals surface area contributed by atoms with E-state index in [9.17, 15) is 13.2 Å². The molecule has 5 rings (SSSR count). The van der Waals surface area contributed by atoms with Crippen molar-refractivity contribution in [3.63, 3.8) is 0 Å². The zero-order valence-electron chi connectivity index (χ0n) is 14.8. The third-order valence-electron chi connectivity index (χ3n) is 5.10. The Labute approximate surface area is 158 Å². The minimum Gasteiger partial charge on any atom is -0.350 e. The molecule has 2 aromatic heterocycles. The fraction of sp³-hybridized carbons (Fsp3) is 0.250. The fourth-order valence-electron chi connectivity index (χ4n) is 3.81. The molecule has 0 saturated carbocycles. The number of aromatic nitrogens is 4. The Balaban J connectivity index is 1.68. The monoisotopic (exact) mass is 383 g/mol. The van der Waals surface area contributed by atoms with E-state index in [0.29, 0.717) is 18.0 Å². The Hall–Kier alpha value is -3.16. The summed E-state index contributed by atoms with van der Waals surface area (Å²) in [6.45, 7) is 1.41. The van der Waals surface area contributed by atoms with Crippen LogP contribution in [0, 0.1) is 0 Å². The van der Waals surface area contributed by atoms with Gasteiger partial charge in [-0.05, 0) is 17.5 Å². The van der Waals surface area contributed by atoms with Gasteiger partial charge in [-0.2, -0.15) is 17.7 Å². The molecule has 1 aliphatic rings. The van der Waals surface area contributed by atoms with Crippen molar-refractivity contribution in [1.29, 1.82) is 0 Å². The Kier molecular flexibility index (Phi) is 3.75. The SMILES string of the molecule is FC(F)(F)Cc1nnc2c3ccccc3c(N3CCc4ccccc4C3)nn12. The average molecular weight is 383 g/mol. The number of alkyl halides is 3. The van der Waals surface area contributed by atoms with Gasteiger partial charge in [0.15, 0.2) is 17.3 Å². The molecule has 2 aromatic carbocycles. The molecule has 0 N–H and O–H groups in total. The molecule has 142 valence electrons. The van der Waals surface area contributed by atoms with Crippen LogP contribution in [0.25, 0.3) is 16.4 Å². The number of fused-ring (bicyclic) bond motifs is 4. The highest BCUT2D eigenvalue weighted by Gasteiger charge is 2.31. The number of hydrogen-bond acceptors (Lipinski definition) is 4. The Morgan fingerprint density at radius 1 is 0.893 bits per heavy atom. The molecule has 3 heterocycles. The summed E-state index contributed by atoms with van der Waals surface area (Å²) >= 11 is 0. The van der Waals surface area contributed by atoms with Crippen LogP contribution in [-0.4, -0.2) is 32.5 Å². The molecular weight excluding hydrogens is 367 g/mol. The van der Waals surface area contributed by atoms with Gasteiger partial charge in [-0.15, -0.1) is 15.3 Å². The van der Waals surface area contributed by atoms with Crippen molar-refractivity contribution in [3.8, 4) is 0 Å². The number of anilines is 1. The second-order valence-electron chi connectivity index (χ2n) is 6.95. The molecule has 5 nitrogen and oxygen atoms in total. The van der Waals surface area contributed by atoms with Crippen LogP contribution in [0.4, 0.5) is 19.0 Å². The van der Waals surface area contributed by atoms with Gasteiger partial charge in [-0.1, -0.05) is 48.5 Å². The quantitative estimate of drug-likeness (QED) is 0.526. The van der Waals surface area contributed by atoms with Crippen molar-refractivity contribution >= 4 is 22.2 Å². The van der Waals surface area contributed by atoms with Crippen molar-refractivity contribution < 1.29 is 13.2 Å². The maximum atomic E-state index is 13.0. The summed E-state index contributed by atoms with van der Waals surface area (Å²) < 4.78 is 40.1. The van der Waals surface area contributed by atoms with Gasteiger partial charge >= 0.3 is 6.18 Å². The van der Waals surface area contributed by atoms with Crippen molar-refractivity contribution in [2.75, 3.05) is 11.4 Å². The molecule has 0 fully saturated rings. The molecule has 0 radical (unpaired) electrons. The van der Waals surface area contributed by atoms with Crippen LogP contribution in [0.5, 0.6) is 0 Å². The molecular formula is C20H16F3N5. The van der Waals surface area contributed by atoms with E-state index in [1.54, 1.807) is 0 Å². The zero-order chi connectivity index (χ0) is 19.3. The van der Waals surface area contributed by atoms with Gasteiger partial charge < -0.3 is 4.90 Å². The van der Waals surface area contributed by atoms with Gasteiger partial charge in [-0.3, -0.25) is 0 Å². The summed E-state index contributed by atoms with van der Waals surface area (Å²) in [5.74, 6) is 0.452. The number of rotatable bonds is 2. The van der Waals surface area contributed by atoms with Crippen LogP contribution in [0.15, 0.2) is 48.5 Å². The summed E-state index contributed by atoms with van der Waals surface area (Å²) in [5.41, 5.74) is 2.85. The van der Waals surface area contributed by atoms with Gasteiger partial charge in [0.25, 0.3) is 0 Å². The van der Waals surface area contributed by atoms with E-state index >= 15 is 0 Å². The number of benzene rings is 2. The summed E-state index contributed by atoms with van der Waals surface area (Å²) in [7, 11) is 0. The number of halogens is 3. The maximum Gasteiger partial charge on any atom is 0.396 e. The van der Waals surface area contributed by atoms with E-state index in [0.717, 1.165) is 23.7 Å². The molecule has 0 spiro atoms. The lowest BCUT2D eigenvalue weighted by Gasteiger charge is -2.30. The van der Waals surface area contributed by atoms with Gasteiger partial charge in [0.1, 0.15) is 6.42 Å². The predicted octanol–water partition coefficient (Wildman–Crippen LogP) is 3.95. The van der Waals surface area contributed by atoms with Crippen molar-refractivity contribution in [2.45, 2.75) is 25.6 Å². The normalized spacial score (nSPS) is 14.6. The summed E-state index contributed by atoms with van der Waals surface area (Å²) in [6.07, 6.45) is -4.68. The average Bonchev–Trinajstić information content (AvgIpc) is 3.08. The van der Waals surface area contributed by atoms with Gasteiger partial charge in [0, 0.05) is 23.9 Å². The molecule has 0 bridgehead atoms. The van der Waals surface area contributed by atoms with Crippen molar-refractivity contribution in [2.24, 2.45) is 0 Å². The Morgan fingerprint density at radius 3 is 2.39 bits per heavy atom. The molecule has 8 heteroatoms. The highest BCUT2D eigenvalue weighted by molar-refractivity contribution is 6.00. The molecule has 0 unspecified atom stereocenters. The summed E-state index contributed by atoms with van der Waals surface area (Å²) in [5, 5.41) is 13.9. The smallest absolute Gasteiger partial charge is 0.350 e. The largest absolute Gasteiger partial charge is 0.396 e. The standard InChI is InChI=1S/C20H16F3N5/c21-20(22,23)11-17-24-25-18-15-7-3-4-8-16(15)19(26-28(17)18)27-10-9-13-5-1-2-6-14(13)12-27/h1-8H,9-12H2. The fourth-order valence-corrected chi connectivity index (χ4v) is 3.81. The van der Waals surface area contributed by atoms with Crippen LogP contribution in [0.3, 0.4) is 0 Å². The minimum absolute atomic E-state index is 0.202. The first-order chi connectivity index (χ1) is 13.5. The van der Waals surface area contributed by atoms with Crippen LogP contribution >= 0.6 is 0 Å². The van der Waals surface area contributed by atoms with Crippen LogP contribution in [0.2, 0.25) is 0 Å². The van der Waals surface area contributed by atoms with Crippen molar-refractivity contribution in [3.05, 3.63) is 65.5 Å². The van der Waals surface area contributed by atoms with E-state index < -0.39 is 12.6 Å². The Bertz CT molecular complexity index is 1180. The first-order valence-electron chi connectivity index (χ1n) is 9.01. The van der Waals surface area contributed by atoms with Gasteiger partial charge in [0.05, 0.1) is 0 Å². The second kappa shape index (κ2) is 6.19. The van der Waals surface area contributed by atoms with Gasteiger partial charge in [-0.25, -0.2) is 0 Å². The maximum absolute atomic E-state index is 13.0. The topological polar surface area (TPSA) is 46.3 Å². The third-order valence-corrected chi connectivity index (χ3v) is 5.10. The van der Waals surface area contributed by atoms with Gasteiger partial charge in [0.2, 0.25) is 0 Å². The summed E-state index contributed by atoms with van der Waals surface area (Å²) in [6, 6.07) is 15.7. The van der Waals surface area contributed by atoms with Crippen LogP contribution < -0.4 is 4.90 Å². The van der Waals surface area contributed by atoms with Crippen molar-refractivity contribution in [1.82, 2.24) is 19.8 Å². The first kappa shape index (κ1) is 17.0. The summed E-state index contributed by atoms with van der Waals surface area (Å²) in [4.78, 5) is 2.11. The molecule has 0 atom stereocenters. The molecule has 4 aromatic rings. The first-order valence-corrected chi connectivity index (χ1v) is 9.01.